The Morgan fingerprint density at radius 2 is 2.00 bits per heavy atom. The van der Waals surface area contributed by atoms with Crippen molar-refractivity contribution >= 4 is 12.2 Å². The SMILES string of the molecule is CC(C)(C)OC=O.N#Cc1ccc(N2CCNCC2)c(O)c1. The predicted octanol–water partition coefficient (Wildman–Crippen LogP) is 1.63. The smallest absolute Gasteiger partial charge is 0.293 e. The molecule has 1 fully saturated rings. The van der Waals surface area contributed by atoms with Crippen LogP contribution in [-0.2, 0) is 9.53 Å². The Kier molecular flexibility index (Phi) is 6.67. The van der Waals surface area contributed by atoms with E-state index in [9.17, 15) is 9.90 Å². The van der Waals surface area contributed by atoms with E-state index < -0.39 is 0 Å². The Hall–Kier alpha value is -2.26. The third kappa shape index (κ3) is 6.02. The van der Waals surface area contributed by atoms with Crippen LogP contribution in [0.15, 0.2) is 18.2 Å². The predicted molar refractivity (Wildman–Crippen MR) is 84.8 cm³/mol. The number of nitriles is 1. The standard InChI is InChI=1S/C11H13N3O.C5H10O2/c12-8-9-1-2-10(11(15)7-9)14-5-3-13-4-6-14;1-5(2,3)7-4-6/h1-2,7,13,15H,3-6H2;4H,1-3H3. The van der Waals surface area contributed by atoms with E-state index in [2.05, 4.69) is 15.0 Å². The summed E-state index contributed by atoms with van der Waals surface area (Å²) >= 11 is 0. The quantitative estimate of drug-likeness (QED) is 0.808. The van der Waals surface area contributed by atoms with Crippen molar-refractivity contribution in [2.45, 2.75) is 26.4 Å². The largest absolute Gasteiger partial charge is 0.506 e. The van der Waals surface area contributed by atoms with Gasteiger partial charge in [0.1, 0.15) is 11.4 Å². The van der Waals surface area contributed by atoms with Gasteiger partial charge in [-0.15, -0.1) is 0 Å². The van der Waals surface area contributed by atoms with Gasteiger partial charge in [0.2, 0.25) is 0 Å². The second-order valence-corrected chi connectivity index (χ2v) is 5.88. The van der Waals surface area contributed by atoms with Crippen molar-refractivity contribution in [3.05, 3.63) is 23.8 Å². The van der Waals surface area contributed by atoms with Gasteiger partial charge >= 0.3 is 0 Å². The third-order valence-electron chi connectivity index (χ3n) is 2.96. The highest BCUT2D eigenvalue weighted by Crippen LogP contribution is 2.28. The maximum Gasteiger partial charge on any atom is 0.293 e. The number of piperazine rings is 1. The van der Waals surface area contributed by atoms with Gasteiger partial charge in [0.15, 0.2) is 0 Å². The number of phenols is 1. The van der Waals surface area contributed by atoms with E-state index in [1.54, 1.807) is 12.1 Å². The molecule has 0 spiro atoms. The molecule has 0 atom stereocenters. The van der Waals surface area contributed by atoms with Crippen molar-refractivity contribution in [3.8, 4) is 11.8 Å². The second-order valence-electron chi connectivity index (χ2n) is 5.88. The fourth-order valence-corrected chi connectivity index (χ4v) is 1.91. The summed E-state index contributed by atoms with van der Waals surface area (Å²) in [6.45, 7) is 9.56. The zero-order chi connectivity index (χ0) is 16.6. The maximum atomic E-state index is 9.76. The average molecular weight is 305 g/mol. The Morgan fingerprint density at radius 1 is 1.36 bits per heavy atom. The van der Waals surface area contributed by atoms with Crippen molar-refractivity contribution in [2.24, 2.45) is 0 Å². The number of ether oxygens (including phenoxy) is 1. The highest BCUT2D eigenvalue weighted by atomic mass is 16.5. The van der Waals surface area contributed by atoms with E-state index in [4.69, 9.17) is 5.26 Å². The number of nitrogens with one attached hydrogen (secondary N) is 1. The summed E-state index contributed by atoms with van der Waals surface area (Å²) in [5, 5.41) is 21.7. The lowest BCUT2D eigenvalue weighted by Gasteiger charge is -2.29. The lowest BCUT2D eigenvalue weighted by atomic mass is 10.2. The average Bonchev–Trinajstić information content (AvgIpc) is 2.47. The molecule has 120 valence electrons. The van der Waals surface area contributed by atoms with Crippen LogP contribution >= 0.6 is 0 Å². The number of hydrogen-bond acceptors (Lipinski definition) is 6. The number of carbonyl (C=O) groups excluding carboxylic acids is 1. The molecule has 0 aliphatic carbocycles. The van der Waals surface area contributed by atoms with Gasteiger partial charge in [-0.05, 0) is 39.0 Å². The number of rotatable bonds is 2. The highest BCUT2D eigenvalue weighted by molar-refractivity contribution is 5.60. The van der Waals surface area contributed by atoms with Crippen LogP contribution in [0, 0.1) is 11.3 Å². The Balaban J connectivity index is 0.000000295. The molecule has 0 amide bonds. The van der Waals surface area contributed by atoms with E-state index in [1.165, 1.54) is 6.07 Å². The first kappa shape index (κ1) is 17.8. The first-order chi connectivity index (χ1) is 10.4. The Morgan fingerprint density at radius 3 is 2.41 bits per heavy atom. The van der Waals surface area contributed by atoms with Gasteiger partial charge in [-0.1, -0.05) is 0 Å². The minimum absolute atomic E-state index is 0.191. The lowest BCUT2D eigenvalue weighted by molar-refractivity contribution is -0.138. The van der Waals surface area contributed by atoms with Gasteiger partial charge in [0.05, 0.1) is 17.3 Å². The van der Waals surface area contributed by atoms with E-state index in [1.807, 2.05) is 26.8 Å². The zero-order valence-electron chi connectivity index (χ0n) is 13.3. The normalized spacial score (nSPS) is 14.4. The van der Waals surface area contributed by atoms with Crippen molar-refractivity contribution in [2.75, 3.05) is 31.1 Å². The third-order valence-corrected chi connectivity index (χ3v) is 2.96. The molecule has 1 aromatic carbocycles. The summed E-state index contributed by atoms with van der Waals surface area (Å²) in [6.07, 6.45) is 0. The fraction of sp³-hybridized carbons (Fsp3) is 0.500. The molecule has 0 aromatic heterocycles. The first-order valence-electron chi connectivity index (χ1n) is 7.17. The molecule has 2 rings (SSSR count). The van der Waals surface area contributed by atoms with Crippen LogP contribution in [-0.4, -0.2) is 43.4 Å². The van der Waals surface area contributed by atoms with Crippen LogP contribution in [0.1, 0.15) is 26.3 Å². The molecule has 0 bridgehead atoms. The molecule has 6 heteroatoms. The summed E-state index contributed by atoms with van der Waals surface area (Å²) in [5.74, 6) is 0.191. The van der Waals surface area contributed by atoms with Crippen LogP contribution in [0.4, 0.5) is 5.69 Å². The molecule has 0 unspecified atom stereocenters. The summed E-state index contributed by atoms with van der Waals surface area (Å²) in [6, 6.07) is 7.06. The van der Waals surface area contributed by atoms with Crippen LogP contribution in [0.5, 0.6) is 5.75 Å². The number of phenolic OH excluding ortho intramolecular Hbond substituents is 1. The van der Waals surface area contributed by atoms with Gasteiger partial charge < -0.3 is 20.1 Å². The van der Waals surface area contributed by atoms with E-state index in [0.29, 0.717) is 12.0 Å². The van der Waals surface area contributed by atoms with Crippen LogP contribution in [0.3, 0.4) is 0 Å². The van der Waals surface area contributed by atoms with E-state index >= 15 is 0 Å². The number of carbonyl (C=O) groups is 1. The molecule has 1 aliphatic rings. The van der Waals surface area contributed by atoms with Crippen LogP contribution < -0.4 is 10.2 Å². The van der Waals surface area contributed by atoms with Crippen LogP contribution in [0.25, 0.3) is 0 Å². The molecule has 22 heavy (non-hydrogen) atoms. The van der Waals surface area contributed by atoms with Gasteiger partial charge in [0, 0.05) is 26.2 Å². The molecule has 1 aliphatic heterocycles. The molecule has 0 saturated carbocycles. The first-order valence-corrected chi connectivity index (χ1v) is 7.17. The van der Waals surface area contributed by atoms with Crippen molar-refractivity contribution in [1.29, 1.82) is 5.26 Å². The van der Waals surface area contributed by atoms with E-state index in [-0.39, 0.29) is 11.4 Å². The molecule has 1 heterocycles. The molecule has 1 saturated heterocycles. The topological polar surface area (TPSA) is 85.6 Å². The van der Waals surface area contributed by atoms with Gasteiger partial charge in [-0.2, -0.15) is 5.26 Å². The summed E-state index contributed by atoms with van der Waals surface area (Å²) in [5.41, 5.74) is 0.990. The Bertz CT molecular complexity index is 526. The van der Waals surface area contributed by atoms with E-state index in [0.717, 1.165) is 31.9 Å². The van der Waals surface area contributed by atoms with Gasteiger partial charge in [-0.3, -0.25) is 4.79 Å². The minimum atomic E-state index is -0.318. The second kappa shape index (κ2) is 8.25. The van der Waals surface area contributed by atoms with Gasteiger partial charge in [-0.25, -0.2) is 0 Å². The zero-order valence-corrected chi connectivity index (χ0v) is 13.3. The number of hydrogen-bond donors (Lipinski definition) is 2. The number of nitrogens with zero attached hydrogens (tertiary/aromatic N) is 2. The number of benzene rings is 1. The lowest BCUT2D eigenvalue weighted by Crippen LogP contribution is -2.43. The van der Waals surface area contributed by atoms with Crippen molar-refractivity contribution in [3.63, 3.8) is 0 Å². The number of aromatic hydroxyl groups is 1. The fourth-order valence-electron chi connectivity index (χ4n) is 1.91. The maximum absolute atomic E-state index is 9.76. The molecule has 1 aromatic rings. The Labute approximate surface area is 131 Å². The van der Waals surface area contributed by atoms with Crippen molar-refractivity contribution in [1.82, 2.24) is 5.32 Å². The van der Waals surface area contributed by atoms with Crippen molar-refractivity contribution < 1.29 is 14.6 Å². The van der Waals surface area contributed by atoms with Crippen LogP contribution in [0.2, 0.25) is 0 Å². The monoisotopic (exact) mass is 305 g/mol. The minimum Gasteiger partial charge on any atom is -0.506 e. The molecule has 0 radical (unpaired) electrons. The highest BCUT2D eigenvalue weighted by Gasteiger charge is 2.13. The molecule has 2 N–H and O–H groups in total. The van der Waals surface area contributed by atoms with Gasteiger partial charge in [0.25, 0.3) is 6.47 Å². The summed E-state index contributed by atoms with van der Waals surface area (Å²) in [7, 11) is 0. The molecular weight excluding hydrogens is 282 g/mol. The molecule has 6 nitrogen and oxygen atoms in total. The molecular formula is C16H23N3O3. The summed E-state index contributed by atoms with van der Waals surface area (Å²) in [4.78, 5) is 11.7. The number of anilines is 1. The summed E-state index contributed by atoms with van der Waals surface area (Å²) < 4.78 is 4.55.